The lowest BCUT2D eigenvalue weighted by molar-refractivity contribution is -0.147. The Bertz CT molecular complexity index is 668. The number of nitrogens with one attached hydrogen (secondary N) is 1. The van der Waals surface area contributed by atoms with Crippen molar-refractivity contribution in [3.63, 3.8) is 0 Å². The second kappa shape index (κ2) is 10.4. The van der Waals surface area contributed by atoms with E-state index in [1.165, 1.54) is 0 Å². The van der Waals surface area contributed by atoms with E-state index in [2.05, 4.69) is 15.3 Å². The van der Waals surface area contributed by atoms with E-state index in [-0.39, 0.29) is 13.0 Å². The topological polar surface area (TPSA) is 134 Å². The van der Waals surface area contributed by atoms with Crippen LogP contribution < -0.4 is 5.32 Å². The number of alkyl carbamates (subject to hydrolysis) is 1. The first kappa shape index (κ1) is 22.3. The number of hydrogen-bond donors (Lipinski definition) is 2. The van der Waals surface area contributed by atoms with Crippen LogP contribution in [0.5, 0.6) is 0 Å². The quantitative estimate of drug-likeness (QED) is 0.310. The number of benzene rings is 1. The fourth-order valence-corrected chi connectivity index (χ4v) is 2.34. The van der Waals surface area contributed by atoms with Crippen molar-refractivity contribution in [2.45, 2.75) is 57.9 Å². The molecule has 1 rings (SSSR count). The van der Waals surface area contributed by atoms with E-state index in [9.17, 15) is 14.7 Å². The summed E-state index contributed by atoms with van der Waals surface area (Å²) in [6.45, 7) is 6.77. The largest absolute Gasteiger partial charge is 0.466 e. The smallest absolute Gasteiger partial charge is 0.407 e. The van der Waals surface area contributed by atoms with Crippen LogP contribution >= 0.6 is 0 Å². The number of aliphatic hydroxyl groups excluding tert-OH is 1. The maximum atomic E-state index is 12.2. The van der Waals surface area contributed by atoms with Gasteiger partial charge in [0.1, 0.15) is 5.60 Å². The third kappa shape index (κ3) is 7.98. The van der Waals surface area contributed by atoms with Gasteiger partial charge in [-0.2, -0.15) is 0 Å². The van der Waals surface area contributed by atoms with Crippen LogP contribution in [0.25, 0.3) is 10.4 Å². The van der Waals surface area contributed by atoms with Crippen molar-refractivity contribution in [2.24, 2.45) is 5.11 Å². The van der Waals surface area contributed by atoms with Gasteiger partial charge in [0.25, 0.3) is 0 Å². The Morgan fingerprint density at radius 1 is 1.30 bits per heavy atom. The summed E-state index contributed by atoms with van der Waals surface area (Å²) in [4.78, 5) is 26.8. The van der Waals surface area contributed by atoms with Crippen molar-refractivity contribution in [2.75, 3.05) is 6.61 Å². The lowest BCUT2D eigenvalue weighted by Gasteiger charge is -2.29. The molecule has 1 amide bonds. The fourth-order valence-electron chi connectivity index (χ4n) is 2.34. The van der Waals surface area contributed by atoms with Crippen LogP contribution in [0, 0.1) is 0 Å². The van der Waals surface area contributed by atoms with Crippen molar-refractivity contribution in [3.05, 3.63) is 46.3 Å². The molecule has 3 atom stereocenters. The van der Waals surface area contributed by atoms with Crippen LogP contribution in [0.4, 0.5) is 4.79 Å². The van der Waals surface area contributed by atoms with Gasteiger partial charge in [0.15, 0.2) is 6.04 Å². The highest BCUT2D eigenvalue weighted by atomic mass is 16.6. The maximum Gasteiger partial charge on any atom is 0.407 e. The molecule has 0 aliphatic heterocycles. The molecule has 0 heterocycles. The van der Waals surface area contributed by atoms with Crippen molar-refractivity contribution in [1.29, 1.82) is 0 Å². The molecule has 27 heavy (non-hydrogen) atoms. The van der Waals surface area contributed by atoms with E-state index in [4.69, 9.17) is 15.0 Å². The molecule has 0 unspecified atom stereocenters. The number of rotatable bonds is 8. The third-order valence-corrected chi connectivity index (χ3v) is 3.44. The average molecular weight is 378 g/mol. The SMILES string of the molecule is CCOC(=O)[C@@H](N=[N+]=[N-])[C@@H](O)[C@H](Cc1ccccc1)NC(=O)OC(C)(C)C. The highest BCUT2D eigenvalue weighted by Gasteiger charge is 2.35. The molecule has 1 aromatic rings. The maximum absolute atomic E-state index is 12.2. The molecular formula is C18H26N4O5. The van der Waals surface area contributed by atoms with E-state index in [0.29, 0.717) is 0 Å². The van der Waals surface area contributed by atoms with Crippen molar-refractivity contribution in [3.8, 4) is 0 Å². The minimum Gasteiger partial charge on any atom is -0.466 e. The fraction of sp³-hybridized carbons (Fsp3) is 0.556. The van der Waals surface area contributed by atoms with Gasteiger partial charge in [-0.3, -0.25) is 4.79 Å². The highest BCUT2D eigenvalue weighted by molar-refractivity contribution is 5.77. The summed E-state index contributed by atoms with van der Waals surface area (Å²) in [7, 11) is 0. The molecule has 0 fully saturated rings. The van der Waals surface area contributed by atoms with E-state index >= 15 is 0 Å². The summed E-state index contributed by atoms with van der Waals surface area (Å²) in [5.41, 5.74) is 8.80. The van der Waals surface area contributed by atoms with E-state index < -0.39 is 35.9 Å². The summed E-state index contributed by atoms with van der Waals surface area (Å²) < 4.78 is 10.1. The van der Waals surface area contributed by atoms with Gasteiger partial charge >= 0.3 is 12.1 Å². The van der Waals surface area contributed by atoms with Crippen LogP contribution in [0.1, 0.15) is 33.3 Å². The van der Waals surface area contributed by atoms with E-state index in [1.54, 1.807) is 27.7 Å². The van der Waals surface area contributed by atoms with Gasteiger partial charge in [0.2, 0.25) is 0 Å². The number of amides is 1. The molecule has 0 spiro atoms. The summed E-state index contributed by atoms with van der Waals surface area (Å²) >= 11 is 0. The van der Waals surface area contributed by atoms with E-state index in [0.717, 1.165) is 5.56 Å². The van der Waals surface area contributed by atoms with Crippen molar-refractivity contribution < 1.29 is 24.2 Å². The Hall–Kier alpha value is -2.77. The zero-order chi connectivity index (χ0) is 20.4. The second-order valence-electron chi connectivity index (χ2n) is 6.83. The Kier molecular flexibility index (Phi) is 8.58. The Morgan fingerprint density at radius 2 is 1.93 bits per heavy atom. The number of aliphatic hydroxyl groups is 1. The summed E-state index contributed by atoms with van der Waals surface area (Å²) in [6.07, 6.45) is -2.07. The lowest BCUT2D eigenvalue weighted by Crippen LogP contribution is -2.52. The Morgan fingerprint density at radius 3 is 2.44 bits per heavy atom. The van der Waals surface area contributed by atoms with Gasteiger partial charge in [-0.25, -0.2) is 4.79 Å². The minimum absolute atomic E-state index is 0.0614. The van der Waals surface area contributed by atoms with Gasteiger partial charge in [0.05, 0.1) is 18.8 Å². The van der Waals surface area contributed by atoms with Crippen molar-refractivity contribution >= 4 is 12.1 Å². The molecular weight excluding hydrogens is 352 g/mol. The first-order chi connectivity index (χ1) is 12.7. The minimum atomic E-state index is -1.51. The van der Waals surface area contributed by atoms with Gasteiger partial charge in [0, 0.05) is 4.91 Å². The Balaban J connectivity index is 3.07. The number of azide groups is 1. The summed E-state index contributed by atoms with van der Waals surface area (Å²) in [5.74, 6) is -0.869. The van der Waals surface area contributed by atoms with Gasteiger partial charge in [-0.15, -0.1) is 0 Å². The standard InChI is InChI=1S/C18H26N4O5/c1-5-26-16(24)14(21-22-19)15(23)13(11-12-9-7-6-8-10-12)20-17(25)27-18(2,3)4/h6-10,13-15,23H,5,11H2,1-4H3,(H,20,25)/t13-,14-,15-/m0/s1. The molecule has 2 N–H and O–H groups in total. The molecule has 0 aliphatic rings. The molecule has 0 saturated carbocycles. The first-order valence-electron chi connectivity index (χ1n) is 8.60. The molecule has 0 saturated heterocycles. The normalized spacial score (nSPS) is 14.3. The van der Waals surface area contributed by atoms with Gasteiger partial charge in [-0.1, -0.05) is 35.4 Å². The lowest BCUT2D eigenvalue weighted by atomic mass is 9.96. The van der Waals surface area contributed by atoms with Crippen LogP contribution in [0.15, 0.2) is 35.4 Å². The summed E-state index contributed by atoms with van der Waals surface area (Å²) in [5, 5.41) is 16.6. The molecule has 0 bridgehead atoms. The van der Waals surface area contributed by atoms with Crippen LogP contribution in [0.2, 0.25) is 0 Å². The number of esters is 1. The third-order valence-electron chi connectivity index (χ3n) is 3.44. The van der Waals surface area contributed by atoms with Gasteiger partial charge < -0.3 is 19.9 Å². The monoisotopic (exact) mass is 378 g/mol. The molecule has 148 valence electrons. The van der Waals surface area contributed by atoms with Crippen LogP contribution in [-0.2, 0) is 20.7 Å². The number of carbonyl (C=O) groups excluding carboxylic acids is 2. The molecule has 0 radical (unpaired) electrons. The first-order valence-corrected chi connectivity index (χ1v) is 8.60. The van der Waals surface area contributed by atoms with Gasteiger partial charge in [-0.05, 0) is 45.2 Å². The molecule has 0 aromatic heterocycles. The zero-order valence-electron chi connectivity index (χ0n) is 16.0. The number of carbonyl (C=O) groups is 2. The predicted octanol–water partition coefficient (Wildman–Crippen LogP) is 2.73. The number of hydrogen-bond acceptors (Lipinski definition) is 6. The molecule has 9 nitrogen and oxygen atoms in total. The molecule has 9 heteroatoms. The highest BCUT2D eigenvalue weighted by Crippen LogP contribution is 2.14. The van der Waals surface area contributed by atoms with E-state index in [1.807, 2.05) is 30.3 Å². The average Bonchev–Trinajstić information content (AvgIpc) is 2.58. The second-order valence-corrected chi connectivity index (χ2v) is 6.83. The van der Waals surface area contributed by atoms with Crippen molar-refractivity contribution in [1.82, 2.24) is 5.32 Å². The number of ether oxygens (including phenoxy) is 2. The predicted molar refractivity (Wildman–Crippen MR) is 98.9 cm³/mol. The van der Waals surface area contributed by atoms with Crippen LogP contribution in [-0.4, -0.2) is 47.6 Å². The molecule has 0 aliphatic carbocycles. The zero-order valence-corrected chi connectivity index (χ0v) is 16.0. The molecule has 1 aromatic carbocycles. The number of nitrogens with zero attached hydrogens (tertiary/aromatic N) is 3. The van der Waals surface area contributed by atoms with Crippen LogP contribution in [0.3, 0.4) is 0 Å². The summed E-state index contributed by atoms with van der Waals surface area (Å²) in [6, 6.07) is 6.62. The Labute approximate surface area is 158 Å².